The van der Waals surface area contributed by atoms with Gasteiger partial charge in [0.15, 0.2) is 5.78 Å². The Morgan fingerprint density at radius 1 is 1.10 bits per heavy atom. The molecule has 0 amide bonds. The molecule has 0 fully saturated rings. The first-order valence-electron chi connectivity index (χ1n) is 6.44. The standard InChI is InChI=1S/C16H14Cl2O2S/c1-2-20-12-5-3-11(4-6-12)16(19)10-21-13-7-8-14(17)15(18)9-13/h3-9H,2,10H2,1H3. The molecule has 21 heavy (non-hydrogen) atoms. The van der Waals surface area contributed by atoms with Crippen molar-refractivity contribution in [3.63, 3.8) is 0 Å². The molecule has 5 heteroatoms. The van der Waals surface area contributed by atoms with Crippen molar-refractivity contribution in [2.75, 3.05) is 12.4 Å². The van der Waals surface area contributed by atoms with E-state index in [0.29, 0.717) is 28.0 Å². The van der Waals surface area contributed by atoms with E-state index in [2.05, 4.69) is 0 Å². The summed E-state index contributed by atoms with van der Waals surface area (Å²) in [6, 6.07) is 12.5. The number of ether oxygens (including phenoxy) is 1. The van der Waals surface area contributed by atoms with E-state index in [9.17, 15) is 4.79 Å². The number of carbonyl (C=O) groups excluding carboxylic acids is 1. The number of halogens is 2. The number of ketones is 1. The Kier molecular flexibility index (Phi) is 5.97. The second-order valence-corrected chi connectivity index (χ2v) is 6.11. The quantitative estimate of drug-likeness (QED) is 0.522. The summed E-state index contributed by atoms with van der Waals surface area (Å²) in [5, 5.41) is 1.01. The molecule has 0 radical (unpaired) electrons. The first kappa shape index (κ1) is 16.2. The largest absolute Gasteiger partial charge is 0.494 e. The van der Waals surface area contributed by atoms with Crippen LogP contribution in [0.3, 0.4) is 0 Å². The summed E-state index contributed by atoms with van der Waals surface area (Å²) < 4.78 is 5.35. The number of hydrogen-bond acceptors (Lipinski definition) is 3. The Bertz CT molecular complexity index is 627. The minimum atomic E-state index is 0.0640. The summed E-state index contributed by atoms with van der Waals surface area (Å²) in [5.74, 6) is 1.19. The van der Waals surface area contributed by atoms with Crippen molar-refractivity contribution in [2.24, 2.45) is 0 Å². The molecule has 0 aliphatic carbocycles. The normalized spacial score (nSPS) is 10.4. The van der Waals surface area contributed by atoms with Crippen molar-refractivity contribution >= 4 is 40.7 Å². The lowest BCUT2D eigenvalue weighted by molar-refractivity contribution is 0.102. The van der Waals surface area contributed by atoms with E-state index in [0.717, 1.165) is 10.6 Å². The number of rotatable bonds is 6. The summed E-state index contributed by atoms with van der Waals surface area (Å²) in [6.07, 6.45) is 0. The molecule has 110 valence electrons. The third kappa shape index (κ3) is 4.67. The van der Waals surface area contributed by atoms with Crippen molar-refractivity contribution in [2.45, 2.75) is 11.8 Å². The highest BCUT2D eigenvalue weighted by Gasteiger charge is 2.08. The molecular formula is C16H14Cl2O2S. The van der Waals surface area contributed by atoms with Crippen LogP contribution in [0.4, 0.5) is 0 Å². The summed E-state index contributed by atoms with van der Waals surface area (Å²) >= 11 is 13.2. The molecule has 2 aromatic rings. The van der Waals surface area contributed by atoms with Crippen molar-refractivity contribution in [1.82, 2.24) is 0 Å². The van der Waals surface area contributed by atoms with Crippen LogP contribution in [0.15, 0.2) is 47.4 Å². The first-order chi connectivity index (χ1) is 10.1. The Hall–Kier alpha value is -1.16. The molecule has 0 aliphatic rings. The Morgan fingerprint density at radius 2 is 1.81 bits per heavy atom. The lowest BCUT2D eigenvalue weighted by Gasteiger charge is -2.05. The van der Waals surface area contributed by atoms with E-state index in [1.807, 2.05) is 13.0 Å². The van der Waals surface area contributed by atoms with Gasteiger partial charge in [-0.05, 0) is 49.4 Å². The van der Waals surface area contributed by atoms with Gasteiger partial charge in [0.25, 0.3) is 0 Å². The van der Waals surface area contributed by atoms with Crippen LogP contribution in [0, 0.1) is 0 Å². The maximum absolute atomic E-state index is 12.1. The van der Waals surface area contributed by atoms with Gasteiger partial charge < -0.3 is 4.74 Å². The number of hydrogen-bond donors (Lipinski definition) is 0. The maximum Gasteiger partial charge on any atom is 0.173 e. The Labute approximate surface area is 138 Å². The average molecular weight is 341 g/mol. The highest BCUT2D eigenvalue weighted by atomic mass is 35.5. The molecule has 0 heterocycles. The predicted octanol–water partition coefficient (Wildman–Crippen LogP) is 5.37. The molecule has 2 nitrogen and oxygen atoms in total. The third-order valence-corrected chi connectivity index (χ3v) is 4.48. The SMILES string of the molecule is CCOc1ccc(C(=O)CSc2ccc(Cl)c(Cl)c2)cc1. The van der Waals surface area contributed by atoms with Crippen molar-refractivity contribution in [3.05, 3.63) is 58.1 Å². The highest BCUT2D eigenvalue weighted by molar-refractivity contribution is 8.00. The van der Waals surface area contributed by atoms with E-state index >= 15 is 0 Å². The number of Topliss-reactive ketones (excluding diaryl/α,β-unsaturated/α-hetero) is 1. The van der Waals surface area contributed by atoms with Crippen molar-refractivity contribution in [1.29, 1.82) is 0 Å². The molecule has 0 unspecified atom stereocenters. The lowest BCUT2D eigenvalue weighted by atomic mass is 10.1. The smallest absolute Gasteiger partial charge is 0.173 e. The summed E-state index contributed by atoms with van der Waals surface area (Å²) in [6.45, 7) is 2.54. The first-order valence-corrected chi connectivity index (χ1v) is 8.18. The fraction of sp³-hybridized carbons (Fsp3) is 0.188. The van der Waals surface area contributed by atoms with Gasteiger partial charge in [0, 0.05) is 10.5 Å². The summed E-state index contributed by atoms with van der Waals surface area (Å²) in [5.41, 5.74) is 0.672. The second kappa shape index (κ2) is 7.74. The molecular weight excluding hydrogens is 327 g/mol. The van der Waals surface area contributed by atoms with Gasteiger partial charge in [0.2, 0.25) is 0 Å². The van der Waals surface area contributed by atoms with Gasteiger partial charge in [0.1, 0.15) is 5.75 Å². The van der Waals surface area contributed by atoms with Gasteiger partial charge in [-0.1, -0.05) is 23.2 Å². The topological polar surface area (TPSA) is 26.3 Å². The fourth-order valence-corrected chi connectivity index (χ4v) is 2.90. The van der Waals surface area contributed by atoms with Gasteiger partial charge >= 0.3 is 0 Å². The molecule has 0 N–H and O–H groups in total. The van der Waals surface area contributed by atoms with Crippen LogP contribution in [0.1, 0.15) is 17.3 Å². The Morgan fingerprint density at radius 3 is 2.43 bits per heavy atom. The maximum atomic E-state index is 12.1. The third-order valence-electron chi connectivity index (χ3n) is 2.75. The molecule has 0 spiro atoms. The van der Waals surface area contributed by atoms with Crippen molar-refractivity contribution in [3.8, 4) is 5.75 Å². The zero-order valence-electron chi connectivity index (χ0n) is 11.4. The van der Waals surface area contributed by atoms with Gasteiger partial charge in [0.05, 0.1) is 22.4 Å². The minimum Gasteiger partial charge on any atom is -0.494 e. The minimum absolute atomic E-state index is 0.0640. The summed E-state index contributed by atoms with van der Waals surface area (Å²) in [7, 11) is 0. The van der Waals surface area contributed by atoms with Crippen LogP contribution in [-0.2, 0) is 0 Å². The molecule has 0 atom stereocenters. The van der Waals surface area contributed by atoms with Crippen LogP contribution in [0.2, 0.25) is 10.0 Å². The zero-order valence-corrected chi connectivity index (χ0v) is 13.8. The van der Waals surface area contributed by atoms with E-state index in [4.69, 9.17) is 27.9 Å². The van der Waals surface area contributed by atoms with E-state index in [1.54, 1.807) is 36.4 Å². The molecule has 2 aromatic carbocycles. The Balaban J connectivity index is 1.96. The van der Waals surface area contributed by atoms with Gasteiger partial charge in [-0.15, -0.1) is 11.8 Å². The molecule has 0 saturated heterocycles. The molecule has 0 bridgehead atoms. The van der Waals surface area contributed by atoms with Gasteiger partial charge in [-0.25, -0.2) is 0 Å². The highest BCUT2D eigenvalue weighted by Crippen LogP contribution is 2.28. The second-order valence-electron chi connectivity index (χ2n) is 4.25. The molecule has 0 saturated carbocycles. The molecule has 2 rings (SSSR count). The van der Waals surface area contributed by atoms with Gasteiger partial charge in [-0.2, -0.15) is 0 Å². The lowest BCUT2D eigenvalue weighted by Crippen LogP contribution is -2.02. The number of thioether (sulfide) groups is 1. The molecule has 0 aliphatic heterocycles. The zero-order chi connectivity index (χ0) is 15.2. The van der Waals surface area contributed by atoms with Gasteiger partial charge in [-0.3, -0.25) is 4.79 Å². The van der Waals surface area contributed by atoms with Crippen LogP contribution >= 0.6 is 35.0 Å². The number of carbonyl (C=O) groups is 1. The molecule has 0 aromatic heterocycles. The predicted molar refractivity (Wildman–Crippen MR) is 89.1 cm³/mol. The van der Waals surface area contributed by atoms with E-state index in [1.165, 1.54) is 11.8 Å². The van der Waals surface area contributed by atoms with E-state index in [-0.39, 0.29) is 5.78 Å². The van der Waals surface area contributed by atoms with Crippen LogP contribution in [-0.4, -0.2) is 18.1 Å². The van der Waals surface area contributed by atoms with Crippen molar-refractivity contribution < 1.29 is 9.53 Å². The van der Waals surface area contributed by atoms with Crippen LogP contribution < -0.4 is 4.74 Å². The fourth-order valence-electron chi connectivity index (χ4n) is 1.70. The summed E-state index contributed by atoms with van der Waals surface area (Å²) in [4.78, 5) is 13.0. The van der Waals surface area contributed by atoms with E-state index < -0.39 is 0 Å². The monoisotopic (exact) mass is 340 g/mol. The number of benzene rings is 2. The van der Waals surface area contributed by atoms with Crippen LogP contribution in [0.25, 0.3) is 0 Å². The average Bonchev–Trinajstić information content (AvgIpc) is 2.49. The van der Waals surface area contributed by atoms with Crippen LogP contribution in [0.5, 0.6) is 5.75 Å².